The van der Waals surface area contributed by atoms with Crippen molar-refractivity contribution < 1.29 is 13.2 Å². The van der Waals surface area contributed by atoms with Gasteiger partial charge in [-0.15, -0.1) is 0 Å². The zero-order valence-electron chi connectivity index (χ0n) is 10.9. The lowest BCUT2D eigenvalue weighted by Gasteiger charge is -2.17. The first-order valence-corrected chi connectivity index (χ1v) is 6.94. The lowest BCUT2D eigenvalue weighted by atomic mass is 10.0. The molecule has 7 heteroatoms. The maximum Gasteiger partial charge on any atom is 0.416 e. The van der Waals surface area contributed by atoms with Crippen LogP contribution in [0.2, 0.25) is 0 Å². The Morgan fingerprint density at radius 2 is 2.00 bits per heavy atom. The minimum Gasteiger partial charge on any atom is -0.271 e. The van der Waals surface area contributed by atoms with Gasteiger partial charge in [0.25, 0.3) is 0 Å². The van der Waals surface area contributed by atoms with Crippen molar-refractivity contribution in [2.24, 2.45) is 5.84 Å². The Kier molecular flexibility index (Phi) is 4.97. The summed E-state index contributed by atoms with van der Waals surface area (Å²) in [5.41, 5.74) is 3.10. The molecule has 1 aromatic heterocycles. The summed E-state index contributed by atoms with van der Waals surface area (Å²) in [6.45, 7) is 0. The third kappa shape index (κ3) is 4.03. The molecule has 0 bridgehead atoms. The van der Waals surface area contributed by atoms with Crippen LogP contribution in [-0.4, -0.2) is 4.98 Å². The summed E-state index contributed by atoms with van der Waals surface area (Å²) in [5.74, 6) is 5.51. The van der Waals surface area contributed by atoms with E-state index in [9.17, 15) is 13.2 Å². The molecule has 2 aromatic rings. The molecule has 0 saturated carbocycles. The number of rotatable bonds is 4. The van der Waals surface area contributed by atoms with Gasteiger partial charge in [0.15, 0.2) is 0 Å². The van der Waals surface area contributed by atoms with Crippen LogP contribution in [0.3, 0.4) is 0 Å². The maximum atomic E-state index is 12.7. The summed E-state index contributed by atoms with van der Waals surface area (Å²) < 4.78 is 38.9. The van der Waals surface area contributed by atoms with Crippen molar-refractivity contribution in [1.29, 1.82) is 0 Å². The highest BCUT2D eigenvalue weighted by Crippen LogP contribution is 2.31. The van der Waals surface area contributed by atoms with E-state index in [4.69, 9.17) is 5.84 Å². The molecule has 0 aliphatic heterocycles. The molecule has 3 N–H and O–H groups in total. The van der Waals surface area contributed by atoms with Crippen LogP contribution >= 0.6 is 15.9 Å². The number of hydrogen-bond acceptors (Lipinski definition) is 3. The molecular weight excluding hydrogens is 347 g/mol. The van der Waals surface area contributed by atoms with E-state index in [1.54, 1.807) is 24.4 Å². The number of nitrogens with zero attached hydrogens (tertiary/aromatic N) is 1. The van der Waals surface area contributed by atoms with E-state index in [1.807, 2.05) is 0 Å². The summed E-state index contributed by atoms with van der Waals surface area (Å²) in [7, 11) is 0. The lowest BCUT2D eigenvalue weighted by Crippen LogP contribution is -2.30. The fourth-order valence-corrected chi connectivity index (χ4v) is 2.53. The van der Waals surface area contributed by atoms with Gasteiger partial charge < -0.3 is 0 Å². The molecule has 0 aliphatic rings. The number of halogens is 4. The summed E-state index contributed by atoms with van der Waals surface area (Å²) >= 11 is 3.36. The van der Waals surface area contributed by atoms with Crippen LogP contribution in [0.1, 0.15) is 22.9 Å². The Hall–Kier alpha value is -1.44. The zero-order chi connectivity index (χ0) is 15.5. The molecule has 2 rings (SSSR count). The molecule has 0 spiro atoms. The molecule has 0 aliphatic carbocycles. The van der Waals surface area contributed by atoms with Crippen LogP contribution in [0.25, 0.3) is 0 Å². The van der Waals surface area contributed by atoms with Crippen LogP contribution in [0, 0.1) is 0 Å². The fourth-order valence-electron chi connectivity index (χ4n) is 2.00. The van der Waals surface area contributed by atoms with Crippen LogP contribution in [0.5, 0.6) is 0 Å². The monoisotopic (exact) mass is 359 g/mol. The van der Waals surface area contributed by atoms with E-state index < -0.39 is 11.7 Å². The highest BCUT2D eigenvalue weighted by molar-refractivity contribution is 9.10. The normalized spacial score (nSPS) is 13.2. The molecule has 3 nitrogen and oxygen atoms in total. The molecule has 112 valence electrons. The largest absolute Gasteiger partial charge is 0.416 e. The molecule has 1 heterocycles. The summed E-state index contributed by atoms with van der Waals surface area (Å²) in [5, 5.41) is 0. The lowest BCUT2D eigenvalue weighted by molar-refractivity contribution is -0.137. The van der Waals surface area contributed by atoms with Gasteiger partial charge in [-0.1, -0.05) is 18.2 Å². The Balaban J connectivity index is 2.26. The molecule has 0 fully saturated rings. The van der Waals surface area contributed by atoms with Gasteiger partial charge in [-0.2, -0.15) is 13.2 Å². The molecule has 1 unspecified atom stereocenters. The summed E-state index contributed by atoms with van der Waals surface area (Å²) in [6, 6.07) is 8.37. The number of alkyl halides is 3. The SMILES string of the molecule is NNC(Cc1cccc(C(F)(F)F)c1)c1ncccc1Br. The second-order valence-corrected chi connectivity index (χ2v) is 5.35. The van der Waals surface area contributed by atoms with Crippen molar-refractivity contribution in [3.8, 4) is 0 Å². The molecule has 1 atom stereocenters. The topological polar surface area (TPSA) is 50.9 Å². The van der Waals surface area contributed by atoms with Crippen LogP contribution in [0.4, 0.5) is 13.2 Å². The molecular formula is C14H13BrF3N3. The minimum atomic E-state index is -4.35. The fraction of sp³-hybridized carbons (Fsp3) is 0.214. The summed E-state index contributed by atoms with van der Waals surface area (Å²) in [6.07, 6.45) is -2.44. The quantitative estimate of drug-likeness (QED) is 0.647. The maximum absolute atomic E-state index is 12.7. The van der Waals surface area contributed by atoms with Crippen LogP contribution in [0.15, 0.2) is 47.1 Å². The summed E-state index contributed by atoms with van der Waals surface area (Å²) in [4.78, 5) is 4.21. The average molecular weight is 360 g/mol. The smallest absolute Gasteiger partial charge is 0.271 e. The van der Waals surface area contributed by atoms with E-state index in [-0.39, 0.29) is 6.04 Å². The Labute approximate surface area is 128 Å². The van der Waals surface area contributed by atoms with E-state index in [2.05, 4.69) is 26.3 Å². The van der Waals surface area contributed by atoms with Gasteiger partial charge in [-0.05, 0) is 46.1 Å². The molecule has 0 amide bonds. The average Bonchev–Trinajstić information content (AvgIpc) is 2.45. The van der Waals surface area contributed by atoms with Crippen molar-refractivity contribution in [3.63, 3.8) is 0 Å². The van der Waals surface area contributed by atoms with E-state index >= 15 is 0 Å². The van der Waals surface area contributed by atoms with Crippen molar-refractivity contribution >= 4 is 15.9 Å². The molecule has 0 radical (unpaired) electrons. The van der Waals surface area contributed by atoms with E-state index in [1.165, 1.54) is 6.07 Å². The van der Waals surface area contributed by atoms with E-state index in [0.29, 0.717) is 17.7 Å². The third-order valence-corrected chi connectivity index (χ3v) is 3.68. The number of hydrazine groups is 1. The standard InChI is InChI=1S/C14H13BrF3N3/c15-11-5-2-6-20-13(11)12(21-19)8-9-3-1-4-10(7-9)14(16,17)18/h1-7,12,21H,8,19H2. The first-order valence-electron chi connectivity index (χ1n) is 6.14. The van der Waals surface area contributed by atoms with Gasteiger partial charge in [-0.3, -0.25) is 16.3 Å². The second kappa shape index (κ2) is 6.55. The van der Waals surface area contributed by atoms with Crippen LogP contribution in [-0.2, 0) is 12.6 Å². The number of pyridine rings is 1. The molecule has 0 saturated heterocycles. The van der Waals surface area contributed by atoms with Crippen LogP contribution < -0.4 is 11.3 Å². The predicted octanol–water partition coefficient (Wildman–Crippen LogP) is 3.61. The van der Waals surface area contributed by atoms with Gasteiger partial charge in [0.1, 0.15) is 0 Å². The first kappa shape index (κ1) is 15.9. The van der Waals surface area contributed by atoms with E-state index in [0.717, 1.165) is 16.6 Å². The zero-order valence-corrected chi connectivity index (χ0v) is 12.4. The highest BCUT2D eigenvalue weighted by atomic mass is 79.9. The van der Waals surface area contributed by atoms with Crippen molar-refractivity contribution in [2.75, 3.05) is 0 Å². The second-order valence-electron chi connectivity index (χ2n) is 4.49. The Morgan fingerprint density at radius 1 is 1.24 bits per heavy atom. The highest BCUT2D eigenvalue weighted by Gasteiger charge is 2.30. The van der Waals surface area contributed by atoms with Crippen molar-refractivity contribution in [2.45, 2.75) is 18.6 Å². The number of hydrogen-bond donors (Lipinski definition) is 2. The minimum absolute atomic E-state index is 0.302. The Morgan fingerprint density at radius 3 is 2.62 bits per heavy atom. The van der Waals surface area contributed by atoms with Gasteiger partial charge in [0.2, 0.25) is 0 Å². The first-order chi connectivity index (χ1) is 9.91. The number of aromatic nitrogens is 1. The molecule has 21 heavy (non-hydrogen) atoms. The van der Waals surface area contributed by atoms with Gasteiger partial charge in [-0.25, -0.2) is 0 Å². The number of benzene rings is 1. The predicted molar refractivity (Wildman–Crippen MR) is 77.1 cm³/mol. The van der Waals surface area contributed by atoms with Gasteiger partial charge >= 0.3 is 6.18 Å². The van der Waals surface area contributed by atoms with Gasteiger partial charge in [0.05, 0.1) is 17.3 Å². The number of nitrogens with two attached hydrogens (primary N) is 1. The van der Waals surface area contributed by atoms with Crippen molar-refractivity contribution in [3.05, 3.63) is 63.9 Å². The van der Waals surface area contributed by atoms with Gasteiger partial charge in [0, 0.05) is 10.7 Å². The van der Waals surface area contributed by atoms with Crippen molar-refractivity contribution in [1.82, 2.24) is 10.4 Å². The number of nitrogens with one attached hydrogen (secondary N) is 1. The Bertz CT molecular complexity index is 616. The third-order valence-electron chi connectivity index (χ3n) is 3.01. The molecule has 1 aromatic carbocycles.